The van der Waals surface area contributed by atoms with Gasteiger partial charge in [0.1, 0.15) is 11.5 Å². The van der Waals surface area contributed by atoms with Gasteiger partial charge in [0, 0.05) is 18.2 Å². The normalized spacial score (nSPS) is 13.4. The number of ether oxygens (including phenoxy) is 1. The number of halogens is 3. The highest BCUT2D eigenvalue weighted by Gasteiger charge is 2.31. The number of benzene rings is 1. The Bertz CT molecular complexity index is 396. The Morgan fingerprint density at radius 2 is 2.00 bits per heavy atom. The molecule has 1 rings (SSSR count). The first-order chi connectivity index (χ1) is 8.33. The molecule has 0 aliphatic rings. The van der Waals surface area contributed by atoms with E-state index in [0.717, 1.165) is 18.2 Å². The summed E-state index contributed by atoms with van der Waals surface area (Å²) in [6.07, 6.45) is -4.05. The van der Waals surface area contributed by atoms with Gasteiger partial charge < -0.3 is 20.7 Å². The molecule has 0 unspecified atom stereocenters. The zero-order valence-corrected chi connectivity index (χ0v) is 9.44. The van der Waals surface area contributed by atoms with Crippen LogP contribution in [0, 0.1) is 0 Å². The third-order valence-corrected chi connectivity index (χ3v) is 2.31. The average Bonchev–Trinajstić information content (AvgIpc) is 2.26. The summed E-state index contributed by atoms with van der Waals surface area (Å²) in [7, 11) is 0. The number of hydrogen-bond acceptors (Lipinski definition) is 4. The molecule has 0 radical (unpaired) electrons. The number of nitrogens with two attached hydrogens (primary N) is 1. The van der Waals surface area contributed by atoms with Crippen LogP contribution >= 0.6 is 0 Å². The molecule has 0 fully saturated rings. The van der Waals surface area contributed by atoms with Crippen molar-refractivity contribution in [2.24, 2.45) is 5.73 Å². The summed E-state index contributed by atoms with van der Waals surface area (Å²) in [6.45, 7) is -0.0762. The number of hydrogen-bond donors (Lipinski definition) is 3. The average molecular weight is 265 g/mol. The van der Waals surface area contributed by atoms with E-state index in [4.69, 9.17) is 10.8 Å². The fraction of sp³-hybridized carbons (Fsp3) is 0.455. The van der Waals surface area contributed by atoms with Crippen molar-refractivity contribution >= 4 is 0 Å². The fourth-order valence-electron chi connectivity index (χ4n) is 1.49. The lowest BCUT2D eigenvalue weighted by molar-refractivity contribution is -0.274. The van der Waals surface area contributed by atoms with Crippen LogP contribution < -0.4 is 10.5 Å². The van der Waals surface area contributed by atoms with Gasteiger partial charge >= 0.3 is 6.36 Å². The third kappa shape index (κ3) is 4.42. The Morgan fingerprint density at radius 3 is 2.56 bits per heavy atom. The molecule has 102 valence electrons. The zero-order valence-electron chi connectivity index (χ0n) is 9.44. The Kier molecular flexibility index (Phi) is 4.80. The molecule has 0 aromatic heterocycles. The Morgan fingerprint density at radius 1 is 1.33 bits per heavy atom. The molecule has 18 heavy (non-hydrogen) atoms. The molecule has 0 spiro atoms. The minimum absolute atomic E-state index is 0.0762. The summed E-state index contributed by atoms with van der Waals surface area (Å²) in [5, 5.41) is 18.2. The van der Waals surface area contributed by atoms with Gasteiger partial charge in [0.2, 0.25) is 0 Å². The molecule has 4 N–H and O–H groups in total. The van der Waals surface area contributed by atoms with Gasteiger partial charge in [0.25, 0.3) is 0 Å². The molecule has 0 aliphatic heterocycles. The van der Waals surface area contributed by atoms with Crippen LogP contribution in [0.25, 0.3) is 0 Å². The topological polar surface area (TPSA) is 75.7 Å². The number of aliphatic hydroxyl groups is 1. The first kappa shape index (κ1) is 14.6. The van der Waals surface area contributed by atoms with Crippen LogP contribution in [0.4, 0.5) is 13.2 Å². The minimum Gasteiger partial charge on any atom is -0.508 e. The molecule has 0 saturated heterocycles. The predicted octanol–water partition coefficient (Wildman–Crippen LogP) is 2.06. The van der Waals surface area contributed by atoms with Gasteiger partial charge in [-0.1, -0.05) is 0 Å². The first-order valence-electron chi connectivity index (χ1n) is 5.28. The van der Waals surface area contributed by atoms with E-state index in [1.807, 2.05) is 0 Å². The summed E-state index contributed by atoms with van der Waals surface area (Å²) in [6, 6.07) is 2.49. The summed E-state index contributed by atoms with van der Waals surface area (Å²) in [5.74, 6) is -0.635. The van der Waals surface area contributed by atoms with Crippen LogP contribution in [-0.4, -0.2) is 23.2 Å². The summed E-state index contributed by atoms with van der Waals surface area (Å²) >= 11 is 0. The number of aromatic hydroxyl groups is 1. The standard InChI is InChI=1S/C11H14F3NO3/c12-11(13,14)18-7-3-4-10(17)8(6-7)9(15)2-1-5-16/h3-4,6,9,16-17H,1-2,5,15H2/t9-/m0/s1. The van der Waals surface area contributed by atoms with Crippen LogP contribution in [0.5, 0.6) is 11.5 Å². The van der Waals surface area contributed by atoms with Crippen LogP contribution in [0.3, 0.4) is 0 Å². The molecule has 0 amide bonds. The molecule has 7 heteroatoms. The number of aliphatic hydroxyl groups excluding tert-OH is 1. The SMILES string of the molecule is N[C@@H](CCCO)c1cc(OC(F)(F)F)ccc1O. The van der Waals surface area contributed by atoms with Crippen LogP contribution in [0.1, 0.15) is 24.4 Å². The largest absolute Gasteiger partial charge is 0.573 e. The summed E-state index contributed by atoms with van der Waals surface area (Å²) in [5.41, 5.74) is 5.86. The van der Waals surface area contributed by atoms with Crippen LogP contribution in [-0.2, 0) is 0 Å². The minimum atomic E-state index is -4.79. The number of rotatable bonds is 5. The molecular formula is C11H14F3NO3. The highest BCUT2D eigenvalue weighted by atomic mass is 19.4. The molecule has 0 heterocycles. The summed E-state index contributed by atoms with van der Waals surface area (Å²) in [4.78, 5) is 0. The van der Waals surface area contributed by atoms with Crippen molar-refractivity contribution in [2.75, 3.05) is 6.61 Å². The van der Waals surface area contributed by atoms with Gasteiger partial charge in [0.15, 0.2) is 0 Å². The van der Waals surface area contributed by atoms with Gasteiger partial charge in [-0.3, -0.25) is 0 Å². The lowest BCUT2D eigenvalue weighted by atomic mass is 10.0. The van der Waals surface area contributed by atoms with Crippen molar-refractivity contribution in [3.05, 3.63) is 23.8 Å². The van der Waals surface area contributed by atoms with Crippen molar-refractivity contribution in [3.8, 4) is 11.5 Å². The third-order valence-electron chi connectivity index (χ3n) is 2.31. The van der Waals surface area contributed by atoms with E-state index >= 15 is 0 Å². The maximum Gasteiger partial charge on any atom is 0.573 e. The van der Waals surface area contributed by atoms with Gasteiger partial charge in [-0.25, -0.2) is 0 Å². The lowest BCUT2D eigenvalue weighted by Crippen LogP contribution is -2.18. The van der Waals surface area contributed by atoms with E-state index in [1.165, 1.54) is 0 Å². The van der Waals surface area contributed by atoms with Gasteiger partial charge in [-0.05, 0) is 31.0 Å². The van der Waals surface area contributed by atoms with Crippen molar-refractivity contribution in [1.29, 1.82) is 0 Å². The zero-order chi connectivity index (χ0) is 13.8. The van der Waals surface area contributed by atoms with E-state index in [-0.39, 0.29) is 17.9 Å². The van der Waals surface area contributed by atoms with Gasteiger partial charge in [-0.2, -0.15) is 0 Å². The molecule has 1 aromatic rings. The fourth-order valence-corrected chi connectivity index (χ4v) is 1.49. The van der Waals surface area contributed by atoms with Crippen LogP contribution in [0.15, 0.2) is 18.2 Å². The first-order valence-corrected chi connectivity index (χ1v) is 5.28. The molecular weight excluding hydrogens is 251 g/mol. The Hall–Kier alpha value is -1.47. The molecule has 1 atom stereocenters. The van der Waals surface area contributed by atoms with Gasteiger partial charge in [-0.15, -0.1) is 13.2 Å². The van der Waals surface area contributed by atoms with Crippen molar-refractivity contribution in [1.82, 2.24) is 0 Å². The molecule has 0 aliphatic carbocycles. The monoisotopic (exact) mass is 265 g/mol. The van der Waals surface area contributed by atoms with E-state index in [2.05, 4.69) is 4.74 Å². The van der Waals surface area contributed by atoms with Crippen LogP contribution in [0.2, 0.25) is 0 Å². The molecule has 0 saturated carbocycles. The number of phenols is 1. The molecule has 1 aromatic carbocycles. The molecule has 4 nitrogen and oxygen atoms in total. The molecule has 0 bridgehead atoms. The Balaban J connectivity index is 2.87. The van der Waals surface area contributed by atoms with Crippen molar-refractivity contribution in [3.63, 3.8) is 0 Å². The number of alkyl halides is 3. The van der Waals surface area contributed by atoms with Gasteiger partial charge in [0.05, 0.1) is 0 Å². The predicted molar refractivity (Wildman–Crippen MR) is 58.0 cm³/mol. The highest BCUT2D eigenvalue weighted by Crippen LogP contribution is 2.31. The Labute approximate surface area is 102 Å². The second kappa shape index (κ2) is 5.92. The smallest absolute Gasteiger partial charge is 0.508 e. The lowest BCUT2D eigenvalue weighted by Gasteiger charge is -2.15. The van der Waals surface area contributed by atoms with Crippen molar-refractivity contribution in [2.45, 2.75) is 25.2 Å². The van der Waals surface area contributed by atoms with E-state index in [1.54, 1.807) is 0 Å². The van der Waals surface area contributed by atoms with Crippen molar-refractivity contribution < 1.29 is 28.1 Å². The maximum absolute atomic E-state index is 12.0. The quantitative estimate of drug-likeness (QED) is 0.761. The van der Waals surface area contributed by atoms with E-state index in [9.17, 15) is 18.3 Å². The summed E-state index contributed by atoms with van der Waals surface area (Å²) < 4.78 is 39.8. The second-order valence-corrected chi connectivity index (χ2v) is 3.74. The second-order valence-electron chi connectivity index (χ2n) is 3.74. The van der Waals surface area contributed by atoms with E-state index in [0.29, 0.717) is 12.8 Å². The number of phenolic OH excluding ortho intramolecular Hbond substituents is 1. The maximum atomic E-state index is 12.0. The van der Waals surface area contributed by atoms with E-state index < -0.39 is 18.2 Å². The highest BCUT2D eigenvalue weighted by molar-refractivity contribution is 5.41.